The largest absolute Gasteiger partial charge is 0.462 e. The van der Waals surface area contributed by atoms with Crippen LogP contribution >= 0.6 is 0 Å². The van der Waals surface area contributed by atoms with Crippen molar-refractivity contribution in [3.05, 3.63) is 11.6 Å². The predicted molar refractivity (Wildman–Crippen MR) is 49.9 cm³/mol. The van der Waals surface area contributed by atoms with E-state index in [-0.39, 0.29) is 5.97 Å². The van der Waals surface area contributed by atoms with E-state index in [9.17, 15) is 4.79 Å². The third-order valence-electron chi connectivity index (χ3n) is 1.64. The minimum absolute atomic E-state index is 0.213. The molecule has 0 atom stereocenters. The maximum Gasteiger partial charge on any atom is 0.302 e. The van der Waals surface area contributed by atoms with E-state index < -0.39 is 0 Å². The zero-order chi connectivity index (χ0) is 9.40. The molecule has 0 aromatic carbocycles. The van der Waals surface area contributed by atoms with Gasteiger partial charge in [-0.3, -0.25) is 4.79 Å². The molecule has 0 N–H and O–H groups in total. The van der Waals surface area contributed by atoms with Gasteiger partial charge in [-0.1, -0.05) is 18.9 Å². The van der Waals surface area contributed by atoms with E-state index in [1.165, 1.54) is 25.3 Å². The van der Waals surface area contributed by atoms with Crippen molar-refractivity contribution in [2.45, 2.75) is 40.0 Å². The van der Waals surface area contributed by atoms with Gasteiger partial charge in [0, 0.05) is 6.92 Å². The van der Waals surface area contributed by atoms with Crippen molar-refractivity contribution in [3.63, 3.8) is 0 Å². The molecule has 0 amide bonds. The Kier molecular flexibility index (Phi) is 6.44. The Morgan fingerprint density at radius 1 is 1.42 bits per heavy atom. The third-order valence-corrected chi connectivity index (χ3v) is 1.64. The van der Waals surface area contributed by atoms with Crippen LogP contribution in [0, 0.1) is 0 Å². The molecule has 0 aromatic heterocycles. The maximum atomic E-state index is 10.4. The van der Waals surface area contributed by atoms with Gasteiger partial charge in [-0.05, 0) is 25.8 Å². The molecule has 0 rings (SSSR count). The van der Waals surface area contributed by atoms with Crippen molar-refractivity contribution in [1.82, 2.24) is 0 Å². The molecular weight excluding hydrogens is 152 g/mol. The number of carbonyl (C=O) groups is 1. The van der Waals surface area contributed by atoms with Crippen LogP contribution in [0.1, 0.15) is 40.0 Å². The van der Waals surface area contributed by atoms with Gasteiger partial charge >= 0.3 is 5.97 Å². The second kappa shape index (κ2) is 6.89. The zero-order valence-electron chi connectivity index (χ0n) is 8.22. The quantitative estimate of drug-likeness (QED) is 0.468. The highest BCUT2D eigenvalue weighted by molar-refractivity contribution is 5.65. The Balaban J connectivity index is 3.47. The molecular formula is C10H18O2. The summed E-state index contributed by atoms with van der Waals surface area (Å²) < 4.78 is 4.78. The molecule has 0 fully saturated rings. The van der Waals surface area contributed by atoms with Crippen molar-refractivity contribution < 1.29 is 9.53 Å². The van der Waals surface area contributed by atoms with Crippen molar-refractivity contribution in [1.29, 1.82) is 0 Å². The first kappa shape index (κ1) is 11.2. The van der Waals surface area contributed by atoms with E-state index in [1.54, 1.807) is 0 Å². The van der Waals surface area contributed by atoms with Crippen LogP contribution in [0.25, 0.3) is 0 Å². The molecule has 0 saturated heterocycles. The SMILES string of the molecule is CCCCC(C)=CCOC(C)=O. The van der Waals surface area contributed by atoms with E-state index in [2.05, 4.69) is 13.8 Å². The number of allylic oxidation sites excluding steroid dienone is 1. The fourth-order valence-corrected chi connectivity index (χ4v) is 0.859. The van der Waals surface area contributed by atoms with E-state index in [1.807, 2.05) is 6.08 Å². The van der Waals surface area contributed by atoms with Gasteiger partial charge in [0.2, 0.25) is 0 Å². The first-order chi connectivity index (χ1) is 5.66. The Morgan fingerprint density at radius 2 is 2.08 bits per heavy atom. The molecule has 0 saturated carbocycles. The number of hydrogen-bond acceptors (Lipinski definition) is 2. The summed E-state index contributed by atoms with van der Waals surface area (Å²) in [6.07, 6.45) is 5.50. The second-order valence-corrected chi connectivity index (χ2v) is 2.96. The van der Waals surface area contributed by atoms with E-state index in [4.69, 9.17) is 4.74 Å². The first-order valence-electron chi connectivity index (χ1n) is 4.45. The normalized spacial score (nSPS) is 11.4. The summed E-state index contributed by atoms with van der Waals surface area (Å²) in [4.78, 5) is 10.4. The van der Waals surface area contributed by atoms with E-state index in [0.29, 0.717) is 6.61 Å². The van der Waals surface area contributed by atoms with Gasteiger partial charge < -0.3 is 4.74 Å². The predicted octanol–water partition coefficient (Wildman–Crippen LogP) is 2.69. The number of unbranched alkanes of at least 4 members (excludes halogenated alkanes) is 1. The highest BCUT2D eigenvalue weighted by Gasteiger charge is 1.91. The molecule has 0 aliphatic carbocycles. The molecule has 0 unspecified atom stereocenters. The van der Waals surface area contributed by atoms with Gasteiger partial charge in [0.05, 0.1) is 0 Å². The number of esters is 1. The second-order valence-electron chi connectivity index (χ2n) is 2.96. The summed E-state index contributed by atoms with van der Waals surface area (Å²) in [5.41, 5.74) is 1.30. The minimum atomic E-state index is -0.213. The fraction of sp³-hybridized carbons (Fsp3) is 0.700. The number of carbonyl (C=O) groups excluding carboxylic acids is 1. The molecule has 2 heteroatoms. The van der Waals surface area contributed by atoms with Gasteiger partial charge in [-0.25, -0.2) is 0 Å². The summed E-state index contributed by atoms with van der Waals surface area (Å²) in [6.45, 7) is 6.08. The molecule has 0 aromatic rings. The number of hydrogen-bond donors (Lipinski definition) is 0. The molecule has 0 heterocycles. The molecule has 0 aliphatic heterocycles. The average molecular weight is 170 g/mol. The summed E-state index contributed by atoms with van der Waals surface area (Å²) in [5.74, 6) is -0.213. The van der Waals surface area contributed by atoms with Gasteiger partial charge in [0.15, 0.2) is 0 Å². The smallest absolute Gasteiger partial charge is 0.302 e. The van der Waals surface area contributed by atoms with Crippen molar-refractivity contribution in [2.75, 3.05) is 6.61 Å². The van der Waals surface area contributed by atoms with E-state index in [0.717, 1.165) is 6.42 Å². The lowest BCUT2D eigenvalue weighted by atomic mass is 10.1. The van der Waals surface area contributed by atoms with Crippen LogP contribution in [0.3, 0.4) is 0 Å². The summed E-state index contributed by atoms with van der Waals surface area (Å²) >= 11 is 0. The third kappa shape index (κ3) is 7.32. The Bertz CT molecular complexity index is 159. The molecule has 12 heavy (non-hydrogen) atoms. The van der Waals surface area contributed by atoms with Crippen LogP contribution in [0.2, 0.25) is 0 Å². The van der Waals surface area contributed by atoms with Gasteiger partial charge in [-0.15, -0.1) is 0 Å². The lowest BCUT2D eigenvalue weighted by molar-refractivity contribution is -0.139. The summed E-state index contributed by atoms with van der Waals surface area (Å²) in [7, 11) is 0. The number of rotatable bonds is 5. The summed E-state index contributed by atoms with van der Waals surface area (Å²) in [5, 5.41) is 0. The van der Waals surface area contributed by atoms with Crippen molar-refractivity contribution in [2.24, 2.45) is 0 Å². The fourth-order valence-electron chi connectivity index (χ4n) is 0.859. The summed E-state index contributed by atoms with van der Waals surface area (Å²) in [6, 6.07) is 0. The van der Waals surface area contributed by atoms with Gasteiger partial charge in [0.25, 0.3) is 0 Å². The van der Waals surface area contributed by atoms with Crippen LogP contribution in [0.4, 0.5) is 0 Å². The van der Waals surface area contributed by atoms with Crippen LogP contribution in [0.15, 0.2) is 11.6 Å². The topological polar surface area (TPSA) is 26.3 Å². The molecule has 0 bridgehead atoms. The molecule has 70 valence electrons. The zero-order valence-corrected chi connectivity index (χ0v) is 8.22. The Hall–Kier alpha value is -0.790. The van der Waals surface area contributed by atoms with Gasteiger partial charge in [0.1, 0.15) is 6.61 Å². The van der Waals surface area contributed by atoms with Crippen LogP contribution in [-0.2, 0) is 9.53 Å². The van der Waals surface area contributed by atoms with Crippen LogP contribution in [0.5, 0.6) is 0 Å². The van der Waals surface area contributed by atoms with Crippen molar-refractivity contribution in [3.8, 4) is 0 Å². The Morgan fingerprint density at radius 3 is 2.58 bits per heavy atom. The standard InChI is InChI=1S/C10H18O2/c1-4-5-6-9(2)7-8-12-10(3)11/h7H,4-6,8H2,1-3H3. The highest BCUT2D eigenvalue weighted by Crippen LogP contribution is 2.05. The van der Waals surface area contributed by atoms with Crippen molar-refractivity contribution >= 4 is 5.97 Å². The molecule has 0 aliphatic rings. The lowest BCUT2D eigenvalue weighted by Gasteiger charge is -2.00. The average Bonchev–Trinajstić information content (AvgIpc) is 2.00. The molecule has 0 spiro atoms. The monoisotopic (exact) mass is 170 g/mol. The highest BCUT2D eigenvalue weighted by atomic mass is 16.5. The Labute approximate surface area is 74.6 Å². The molecule has 0 radical (unpaired) electrons. The van der Waals surface area contributed by atoms with Crippen LogP contribution < -0.4 is 0 Å². The minimum Gasteiger partial charge on any atom is -0.462 e. The van der Waals surface area contributed by atoms with Crippen LogP contribution in [-0.4, -0.2) is 12.6 Å². The molecule has 2 nitrogen and oxygen atoms in total. The maximum absolute atomic E-state index is 10.4. The van der Waals surface area contributed by atoms with E-state index >= 15 is 0 Å². The lowest BCUT2D eigenvalue weighted by Crippen LogP contribution is -1.98. The van der Waals surface area contributed by atoms with Gasteiger partial charge in [-0.2, -0.15) is 0 Å². The first-order valence-corrected chi connectivity index (χ1v) is 4.45. The number of ether oxygens (including phenoxy) is 1.